The van der Waals surface area contributed by atoms with Crippen molar-refractivity contribution in [2.75, 3.05) is 31.7 Å². The molecule has 2 aliphatic rings. The molecule has 2 N–H and O–H groups in total. The van der Waals surface area contributed by atoms with Crippen LogP contribution in [0.4, 0.5) is 5.69 Å². The Bertz CT molecular complexity index is 655. The van der Waals surface area contributed by atoms with Crippen LogP contribution in [0.5, 0.6) is 11.5 Å². The number of nitrogens with one attached hydrogen (secondary N) is 2. The van der Waals surface area contributed by atoms with Crippen LogP contribution in [0.15, 0.2) is 18.2 Å². The lowest BCUT2D eigenvalue weighted by Gasteiger charge is -2.26. The van der Waals surface area contributed by atoms with Crippen LogP contribution in [0.1, 0.15) is 19.3 Å². The molecule has 0 saturated carbocycles. The fourth-order valence-corrected chi connectivity index (χ4v) is 2.65. The molecule has 8 heteroatoms. The number of carbonyl (C=O) groups is 3. The Hall–Kier alpha value is -2.77. The lowest BCUT2D eigenvalue weighted by molar-refractivity contribution is -0.138. The Balaban J connectivity index is 1.48. The molecule has 1 saturated heterocycles. The normalized spacial score (nSPS) is 15.8. The minimum absolute atomic E-state index is 0.131. The maximum absolute atomic E-state index is 12.0. The third-order valence-electron chi connectivity index (χ3n) is 3.95. The fraction of sp³-hybridized carbons (Fsp3) is 0.438. The standard InChI is InChI=1S/C16H19N3O5/c20-14(19-6-2-1-3-7-19)9-17-15(21)16(22)18-11-4-5-12-13(8-11)24-10-23-12/h4-5,8H,1-3,6-7,9-10H2,(H,17,21)(H,18,22). The van der Waals surface area contributed by atoms with Gasteiger partial charge in [0.05, 0.1) is 6.54 Å². The topological polar surface area (TPSA) is 97.0 Å². The number of benzene rings is 1. The quantitative estimate of drug-likeness (QED) is 0.785. The van der Waals surface area contributed by atoms with Crippen LogP contribution in [0.25, 0.3) is 0 Å². The van der Waals surface area contributed by atoms with Crippen molar-refractivity contribution in [3.05, 3.63) is 18.2 Å². The van der Waals surface area contributed by atoms with Crippen molar-refractivity contribution in [3.63, 3.8) is 0 Å². The summed E-state index contributed by atoms with van der Waals surface area (Å²) < 4.78 is 10.4. The zero-order chi connectivity index (χ0) is 16.9. The van der Waals surface area contributed by atoms with Gasteiger partial charge in [-0.15, -0.1) is 0 Å². The van der Waals surface area contributed by atoms with E-state index in [2.05, 4.69) is 10.6 Å². The Morgan fingerprint density at radius 2 is 1.75 bits per heavy atom. The largest absolute Gasteiger partial charge is 0.454 e. The maximum atomic E-state index is 12.0. The average molecular weight is 333 g/mol. The van der Waals surface area contributed by atoms with Gasteiger partial charge in [-0.1, -0.05) is 0 Å². The van der Waals surface area contributed by atoms with Crippen LogP contribution < -0.4 is 20.1 Å². The first-order chi connectivity index (χ1) is 11.6. The van der Waals surface area contributed by atoms with Gasteiger partial charge in [-0.05, 0) is 31.4 Å². The fourth-order valence-electron chi connectivity index (χ4n) is 2.65. The molecular formula is C16H19N3O5. The third kappa shape index (κ3) is 3.76. The second-order valence-electron chi connectivity index (χ2n) is 5.65. The van der Waals surface area contributed by atoms with E-state index < -0.39 is 11.8 Å². The van der Waals surface area contributed by atoms with Gasteiger partial charge in [0.25, 0.3) is 0 Å². The molecule has 2 heterocycles. The Morgan fingerprint density at radius 1 is 1.00 bits per heavy atom. The Kier molecular flexibility index (Phi) is 4.83. The number of piperidine rings is 1. The first kappa shape index (κ1) is 16.1. The minimum atomic E-state index is -0.849. The Labute approximate surface area is 139 Å². The van der Waals surface area contributed by atoms with E-state index in [1.54, 1.807) is 23.1 Å². The van der Waals surface area contributed by atoms with Gasteiger partial charge in [0.2, 0.25) is 12.7 Å². The third-order valence-corrected chi connectivity index (χ3v) is 3.95. The van der Waals surface area contributed by atoms with E-state index in [0.29, 0.717) is 30.3 Å². The predicted molar refractivity (Wildman–Crippen MR) is 84.6 cm³/mol. The van der Waals surface area contributed by atoms with Gasteiger partial charge in [-0.2, -0.15) is 0 Å². The zero-order valence-electron chi connectivity index (χ0n) is 13.2. The number of hydrogen-bond donors (Lipinski definition) is 2. The summed E-state index contributed by atoms with van der Waals surface area (Å²) in [6.45, 7) is 1.37. The van der Waals surface area contributed by atoms with Gasteiger partial charge in [-0.3, -0.25) is 14.4 Å². The highest BCUT2D eigenvalue weighted by atomic mass is 16.7. The molecule has 0 aliphatic carbocycles. The van der Waals surface area contributed by atoms with Crippen molar-refractivity contribution in [2.45, 2.75) is 19.3 Å². The Morgan fingerprint density at radius 3 is 2.54 bits per heavy atom. The lowest BCUT2D eigenvalue weighted by atomic mass is 10.1. The summed E-state index contributed by atoms with van der Waals surface area (Å²) in [5.41, 5.74) is 0.418. The number of likely N-dealkylation sites (tertiary alicyclic amines) is 1. The zero-order valence-corrected chi connectivity index (χ0v) is 13.2. The summed E-state index contributed by atoms with van der Waals surface area (Å²) in [5, 5.41) is 4.82. The molecule has 24 heavy (non-hydrogen) atoms. The number of hydrogen-bond acceptors (Lipinski definition) is 5. The highest BCUT2D eigenvalue weighted by molar-refractivity contribution is 6.39. The van der Waals surface area contributed by atoms with Crippen molar-refractivity contribution in [3.8, 4) is 11.5 Å². The van der Waals surface area contributed by atoms with Crippen LogP contribution in [-0.4, -0.2) is 49.0 Å². The highest BCUT2D eigenvalue weighted by Gasteiger charge is 2.20. The molecular weight excluding hydrogens is 314 g/mol. The summed E-state index contributed by atoms with van der Waals surface area (Å²) >= 11 is 0. The molecule has 1 aromatic carbocycles. The molecule has 1 aromatic rings. The summed E-state index contributed by atoms with van der Waals surface area (Å²) in [6, 6.07) is 4.83. The molecule has 3 rings (SSSR count). The molecule has 1 fully saturated rings. The van der Waals surface area contributed by atoms with E-state index in [1.165, 1.54) is 0 Å². The molecule has 0 unspecified atom stereocenters. The van der Waals surface area contributed by atoms with Crippen molar-refractivity contribution in [2.24, 2.45) is 0 Å². The highest BCUT2D eigenvalue weighted by Crippen LogP contribution is 2.34. The molecule has 8 nitrogen and oxygen atoms in total. The van der Waals surface area contributed by atoms with Gasteiger partial charge in [0.1, 0.15) is 0 Å². The van der Waals surface area contributed by atoms with E-state index >= 15 is 0 Å². The monoisotopic (exact) mass is 333 g/mol. The molecule has 0 atom stereocenters. The molecule has 3 amide bonds. The summed E-state index contributed by atoms with van der Waals surface area (Å²) in [7, 11) is 0. The number of carbonyl (C=O) groups excluding carboxylic acids is 3. The summed E-state index contributed by atoms with van der Waals surface area (Å²) in [4.78, 5) is 37.4. The summed E-state index contributed by atoms with van der Waals surface area (Å²) in [6.07, 6.45) is 3.07. The molecule has 0 aromatic heterocycles. The number of nitrogens with zero attached hydrogens (tertiary/aromatic N) is 1. The van der Waals surface area contributed by atoms with E-state index in [1.807, 2.05) is 0 Å². The van der Waals surface area contributed by atoms with E-state index in [0.717, 1.165) is 19.3 Å². The SMILES string of the molecule is O=C(NCC(=O)N1CCCCC1)C(=O)Nc1ccc2c(c1)OCO2. The van der Waals surface area contributed by atoms with Crippen LogP contribution in [0, 0.1) is 0 Å². The van der Waals surface area contributed by atoms with Gasteiger partial charge in [0.15, 0.2) is 11.5 Å². The number of ether oxygens (including phenoxy) is 2. The van der Waals surface area contributed by atoms with Gasteiger partial charge >= 0.3 is 11.8 Å². The van der Waals surface area contributed by atoms with Crippen LogP contribution in [0.2, 0.25) is 0 Å². The van der Waals surface area contributed by atoms with E-state index in [4.69, 9.17) is 9.47 Å². The second-order valence-corrected chi connectivity index (χ2v) is 5.65. The van der Waals surface area contributed by atoms with Crippen molar-refractivity contribution in [1.82, 2.24) is 10.2 Å². The number of amides is 3. The molecule has 0 radical (unpaired) electrons. The average Bonchev–Trinajstić information content (AvgIpc) is 3.07. The predicted octanol–water partition coefficient (Wildman–Crippen LogP) is 0.482. The van der Waals surface area contributed by atoms with E-state index in [-0.39, 0.29) is 19.2 Å². The minimum Gasteiger partial charge on any atom is -0.454 e. The van der Waals surface area contributed by atoms with Crippen LogP contribution in [0.3, 0.4) is 0 Å². The van der Waals surface area contributed by atoms with Gasteiger partial charge in [0, 0.05) is 24.8 Å². The van der Waals surface area contributed by atoms with Crippen molar-refractivity contribution >= 4 is 23.4 Å². The van der Waals surface area contributed by atoms with Crippen molar-refractivity contribution in [1.29, 1.82) is 0 Å². The number of fused-ring (bicyclic) bond motifs is 1. The molecule has 0 spiro atoms. The lowest BCUT2D eigenvalue weighted by Crippen LogP contribution is -2.45. The molecule has 0 bridgehead atoms. The number of rotatable bonds is 3. The first-order valence-electron chi connectivity index (χ1n) is 7.90. The van der Waals surface area contributed by atoms with Crippen LogP contribution in [-0.2, 0) is 14.4 Å². The smallest absolute Gasteiger partial charge is 0.313 e. The molecule has 128 valence electrons. The first-order valence-corrected chi connectivity index (χ1v) is 7.90. The van der Waals surface area contributed by atoms with Crippen LogP contribution >= 0.6 is 0 Å². The second kappa shape index (κ2) is 7.20. The summed E-state index contributed by atoms with van der Waals surface area (Å²) in [5.74, 6) is -0.754. The molecule has 2 aliphatic heterocycles. The maximum Gasteiger partial charge on any atom is 0.313 e. The van der Waals surface area contributed by atoms with E-state index in [9.17, 15) is 14.4 Å². The van der Waals surface area contributed by atoms with Gasteiger partial charge < -0.3 is 25.0 Å². The van der Waals surface area contributed by atoms with Gasteiger partial charge in [-0.25, -0.2) is 0 Å². The van der Waals surface area contributed by atoms with Crippen molar-refractivity contribution < 1.29 is 23.9 Å². The number of anilines is 1.